The normalized spacial score (nSPS) is 19.7. The topological polar surface area (TPSA) is 55.6 Å². The van der Waals surface area contributed by atoms with Crippen molar-refractivity contribution in [2.75, 3.05) is 13.2 Å². The molecule has 4 nitrogen and oxygen atoms in total. The standard InChI is InChI=1S/C8H16N2O2/c1-2-4-7(9)8(11)10-5-3-6-12-10/h7H,2-6,9H2,1H3. The smallest absolute Gasteiger partial charge is 0.263 e. The molecule has 12 heavy (non-hydrogen) atoms. The molecule has 1 unspecified atom stereocenters. The Balaban J connectivity index is 2.34. The highest BCUT2D eigenvalue weighted by Crippen LogP contribution is 2.07. The van der Waals surface area contributed by atoms with Gasteiger partial charge < -0.3 is 5.73 Å². The predicted octanol–water partition coefficient (Wildman–Crippen LogP) is 0.278. The highest BCUT2D eigenvalue weighted by molar-refractivity contribution is 5.80. The van der Waals surface area contributed by atoms with Crippen LogP contribution < -0.4 is 5.73 Å². The van der Waals surface area contributed by atoms with Crippen LogP contribution in [0.3, 0.4) is 0 Å². The van der Waals surface area contributed by atoms with Gasteiger partial charge in [-0.1, -0.05) is 13.3 Å². The minimum absolute atomic E-state index is 0.0747. The van der Waals surface area contributed by atoms with Gasteiger partial charge in [0.05, 0.1) is 19.2 Å². The molecule has 0 aromatic heterocycles. The number of hydrogen-bond donors (Lipinski definition) is 1. The highest BCUT2D eigenvalue weighted by atomic mass is 16.7. The van der Waals surface area contributed by atoms with Gasteiger partial charge in [0, 0.05) is 0 Å². The Bertz CT molecular complexity index is 155. The summed E-state index contributed by atoms with van der Waals surface area (Å²) in [6, 6.07) is -0.381. The van der Waals surface area contributed by atoms with Gasteiger partial charge >= 0.3 is 0 Å². The number of carbonyl (C=O) groups excluding carboxylic acids is 1. The molecule has 1 amide bonds. The first-order valence-corrected chi connectivity index (χ1v) is 4.45. The van der Waals surface area contributed by atoms with E-state index in [1.54, 1.807) is 0 Å². The van der Waals surface area contributed by atoms with Crippen molar-refractivity contribution >= 4 is 5.91 Å². The fourth-order valence-corrected chi connectivity index (χ4v) is 1.24. The van der Waals surface area contributed by atoms with E-state index < -0.39 is 0 Å². The van der Waals surface area contributed by atoms with Crippen LogP contribution in [0.25, 0.3) is 0 Å². The Morgan fingerprint density at radius 3 is 3.00 bits per heavy atom. The number of amides is 1. The molecule has 70 valence electrons. The van der Waals surface area contributed by atoms with E-state index >= 15 is 0 Å². The largest absolute Gasteiger partial charge is 0.320 e. The van der Waals surface area contributed by atoms with Gasteiger partial charge in [0.2, 0.25) is 0 Å². The molecule has 1 heterocycles. The first kappa shape index (κ1) is 9.48. The summed E-state index contributed by atoms with van der Waals surface area (Å²) < 4.78 is 0. The third-order valence-corrected chi connectivity index (χ3v) is 1.92. The predicted molar refractivity (Wildman–Crippen MR) is 45.2 cm³/mol. The number of rotatable bonds is 3. The molecule has 0 aliphatic carbocycles. The highest BCUT2D eigenvalue weighted by Gasteiger charge is 2.23. The summed E-state index contributed by atoms with van der Waals surface area (Å²) in [6.07, 6.45) is 2.59. The van der Waals surface area contributed by atoms with E-state index in [4.69, 9.17) is 10.6 Å². The van der Waals surface area contributed by atoms with Crippen LogP contribution in [-0.2, 0) is 9.63 Å². The van der Waals surface area contributed by atoms with Crippen LogP contribution in [0.4, 0.5) is 0 Å². The second-order valence-electron chi connectivity index (χ2n) is 3.02. The first-order valence-electron chi connectivity index (χ1n) is 4.45. The zero-order chi connectivity index (χ0) is 8.97. The van der Waals surface area contributed by atoms with E-state index in [2.05, 4.69) is 0 Å². The summed E-state index contributed by atoms with van der Waals surface area (Å²) in [7, 11) is 0. The Labute approximate surface area is 72.6 Å². The second kappa shape index (κ2) is 4.42. The van der Waals surface area contributed by atoms with Crippen LogP contribution in [0.15, 0.2) is 0 Å². The van der Waals surface area contributed by atoms with Gasteiger partial charge in [0.1, 0.15) is 0 Å². The average molecular weight is 172 g/mol. The van der Waals surface area contributed by atoms with Gasteiger partial charge in [-0.25, -0.2) is 5.06 Å². The Hall–Kier alpha value is -0.610. The number of hydroxylamine groups is 2. The van der Waals surface area contributed by atoms with Crippen LogP contribution in [0.1, 0.15) is 26.2 Å². The van der Waals surface area contributed by atoms with E-state index in [-0.39, 0.29) is 11.9 Å². The van der Waals surface area contributed by atoms with Gasteiger partial charge in [-0.05, 0) is 12.8 Å². The molecule has 0 aromatic rings. The summed E-state index contributed by atoms with van der Waals surface area (Å²) in [4.78, 5) is 16.5. The SMILES string of the molecule is CCCC(N)C(=O)N1CCCO1. The number of hydrogen-bond acceptors (Lipinski definition) is 3. The van der Waals surface area contributed by atoms with E-state index in [1.807, 2.05) is 6.92 Å². The Kier molecular flexibility index (Phi) is 3.49. The van der Waals surface area contributed by atoms with Crippen LogP contribution in [0, 0.1) is 0 Å². The minimum atomic E-state index is -0.381. The quantitative estimate of drug-likeness (QED) is 0.665. The zero-order valence-electron chi connectivity index (χ0n) is 7.45. The number of carbonyl (C=O) groups is 1. The number of nitrogens with zero attached hydrogens (tertiary/aromatic N) is 1. The first-order chi connectivity index (χ1) is 5.75. The molecule has 1 fully saturated rings. The van der Waals surface area contributed by atoms with Gasteiger partial charge in [0.25, 0.3) is 5.91 Å². The molecule has 0 spiro atoms. The Morgan fingerprint density at radius 2 is 2.50 bits per heavy atom. The molecular weight excluding hydrogens is 156 g/mol. The van der Waals surface area contributed by atoms with Crippen molar-refractivity contribution in [1.82, 2.24) is 5.06 Å². The average Bonchev–Trinajstić information content (AvgIpc) is 2.55. The van der Waals surface area contributed by atoms with Crippen molar-refractivity contribution in [3.05, 3.63) is 0 Å². The van der Waals surface area contributed by atoms with E-state index in [1.165, 1.54) is 5.06 Å². The number of nitrogens with two attached hydrogens (primary N) is 1. The van der Waals surface area contributed by atoms with Gasteiger partial charge in [-0.15, -0.1) is 0 Å². The van der Waals surface area contributed by atoms with Gasteiger partial charge in [0.15, 0.2) is 0 Å². The van der Waals surface area contributed by atoms with Crippen molar-refractivity contribution in [2.45, 2.75) is 32.2 Å². The van der Waals surface area contributed by atoms with E-state index in [9.17, 15) is 4.79 Å². The molecule has 4 heteroatoms. The van der Waals surface area contributed by atoms with E-state index in [0.717, 1.165) is 19.3 Å². The minimum Gasteiger partial charge on any atom is -0.320 e. The monoisotopic (exact) mass is 172 g/mol. The van der Waals surface area contributed by atoms with E-state index in [0.29, 0.717) is 13.2 Å². The second-order valence-corrected chi connectivity index (χ2v) is 3.02. The molecule has 1 aliphatic rings. The Morgan fingerprint density at radius 1 is 1.75 bits per heavy atom. The van der Waals surface area contributed by atoms with Crippen molar-refractivity contribution < 1.29 is 9.63 Å². The maximum absolute atomic E-state index is 11.4. The van der Waals surface area contributed by atoms with Crippen molar-refractivity contribution in [1.29, 1.82) is 0 Å². The zero-order valence-corrected chi connectivity index (χ0v) is 7.45. The van der Waals surface area contributed by atoms with Gasteiger partial charge in [-0.2, -0.15) is 0 Å². The summed E-state index contributed by atoms with van der Waals surface area (Å²) in [6.45, 7) is 3.35. The molecule has 1 atom stereocenters. The summed E-state index contributed by atoms with van der Waals surface area (Å²) >= 11 is 0. The van der Waals surface area contributed by atoms with Crippen molar-refractivity contribution in [3.63, 3.8) is 0 Å². The molecule has 0 aromatic carbocycles. The van der Waals surface area contributed by atoms with Crippen LogP contribution in [0.5, 0.6) is 0 Å². The lowest BCUT2D eigenvalue weighted by Crippen LogP contribution is -2.41. The molecule has 0 saturated carbocycles. The summed E-state index contributed by atoms with van der Waals surface area (Å²) in [5.41, 5.74) is 5.64. The van der Waals surface area contributed by atoms with Crippen LogP contribution in [0.2, 0.25) is 0 Å². The molecule has 1 rings (SSSR count). The molecule has 2 N–H and O–H groups in total. The summed E-state index contributed by atoms with van der Waals surface area (Å²) in [5, 5.41) is 1.39. The fraction of sp³-hybridized carbons (Fsp3) is 0.875. The molecule has 0 radical (unpaired) electrons. The fourth-order valence-electron chi connectivity index (χ4n) is 1.24. The van der Waals surface area contributed by atoms with Crippen molar-refractivity contribution in [2.24, 2.45) is 5.73 Å². The lowest BCUT2D eigenvalue weighted by atomic mass is 10.1. The van der Waals surface area contributed by atoms with Crippen molar-refractivity contribution in [3.8, 4) is 0 Å². The molecule has 1 saturated heterocycles. The maximum Gasteiger partial charge on any atom is 0.263 e. The molecular formula is C8H16N2O2. The lowest BCUT2D eigenvalue weighted by Gasteiger charge is -2.17. The van der Waals surface area contributed by atoms with Gasteiger partial charge in [-0.3, -0.25) is 9.63 Å². The lowest BCUT2D eigenvalue weighted by molar-refractivity contribution is -0.170. The third-order valence-electron chi connectivity index (χ3n) is 1.92. The molecule has 1 aliphatic heterocycles. The van der Waals surface area contributed by atoms with Crippen LogP contribution in [-0.4, -0.2) is 30.2 Å². The summed E-state index contributed by atoms with van der Waals surface area (Å²) in [5.74, 6) is -0.0747. The maximum atomic E-state index is 11.4. The van der Waals surface area contributed by atoms with Crippen LogP contribution >= 0.6 is 0 Å². The molecule has 0 bridgehead atoms. The third kappa shape index (κ3) is 2.19.